The number of nitrogens with zero attached hydrogens (tertiary/aromatic N) is 1. The number of H-pyrrole nitrogens is 1. The first-order valence-electron chi connectivity index (χ1n) is 9.62. The predicted octanol–water partition coefficient (Wildman–Crippen LogP) is -4.59. The van der Waals surface area contributed by atoms with Gasteiger partial charge in [-0.25, -0.2) is 9.59 Å². The van der Waals surface area contributed by atoms with Gasteiger partial charge in [0.15, 0.2) is 12.3 Å². The molecule has 2 aliphatic heterocycles. The Morgan fingerprint density at radius 3 is 2.55 bits per heavy atom. The predicted molar refractivity (Wildman–Crippen MR) is 103 cm³/mol. The van der Waals surface area contributed by atoms with Crippen molar-refractivity contribution < 1.29 is 49.0 Å². The molecule has 1 aromatic rings. The summed E-state index contributed by atoms with van der Waals surface area (Å²) in [4.78, 5) is 49.3. The van der Waals surface area contributed by atoms with E-state index in [1.54, 1.807) is 0 Å². The molecule has 3 rings (SSSR count). The van der Waals surface area contributed by atoms with Crippen molar-refractivity contribution in [3.8, 4) is 0 Å². The van der Waals surface area contributed by atoms with Crippen molar-refractivity contribution in [1.82, 2.24) is 9.55 Å². The monoisotopic (exact) mass is 473 g/mol. The van der Waals surface area contributed by atoms with Gasteiger partial charge in [0.1, 0.15) is 24.4 Å². The minimum atomic E-state index is -1.80. The van der Waals surface area contributed by atoms with Gasteiger partial charge >= 0.3 is 11.7 Å². The van der Waals surface area contributed by atoms with Gasteiger partial charge in [-0.3, -0.25) is 19.1 Å². The van der Waals surface area contributed by atoms with Crippen molar-refractivity contribution in [2.75, 3.05) is 13.7 Å². The maximum Gasteiger partial charge on any atom is 0.373 e. The van der Waals surface area contributed by atoms with Crippen molar-refractivity contribution in [2.45, 2.75) is 43.0 Å². The highest BCUT2D eigenvalue weighted by atomic mass is 16.7. The van der Waals surface area contributed by atoms with Gasteiger partial charge in [-0.05, 0) is 6.08 Å². The number of nitrogens with one attached hydrogen (secondary N) is 1. The number of amides is 1. The molecule has 8 atom stereocenters. The van der Waals surface area contributed by atoms with Crippen molar-refractivity contribution in [3.05, 3.63) is 44.9 Å². The Kier molecular flexibility index (Phi) is 7.31. The number of methoxy groups -OCH3 is 1. The van der Waals surface area contributed by atoms with Gasteiger partial charge < -0.3 is 45.1 Å². The van der Waals surface area contributed by atoms with E-state index in [2.05, 4.69) is 4.74 Å². The molecule has 0 aliphatic carbocycles. The number of ether oxygens (including phenoxy) is 4. The van der Waals surface area contributed by atoms with Crippen LogP contribution in [0.15, 0.2) is 33.7 Å². The number of hydrogen-bond donors (Lipinski definition) is 6. The Morgan fingerprint density at radius 2 is 1.97 bits per heavy atom. The second-order valence-corrected chi connectivity index (χ2v) is 7.29. The van der Waals surface area contributed by atoms with Crippen LogP contribution in [-0.4, -0.2) is 92.4 Å². The molecule has 15 nitrogen and oxygen atoms in total. The zero-order valence-corrected chi connectivity index (χ0v) is 17.1. The Bertz CT molecular complexity index is 1030. The van der Waals surface area contributed by atoms with Gasteiger partial charge in [0.2, 0.25) is 18.0 Å². The molecule has 0 radical (unpaired) electrons. The van der Waals surface area contributed by atoms with E-state index in [-0.39, 0.29) is 0 Å². The van der Waals surface area contributed by atoms with Crippen LogP contribution in [0, 0.1) is 5.92 Å². The number of aliphatic hydroxyl groups excluding tert-OH is 4. The molecule has 0 saturated carbocycles. The van der Waals surface area contributed by atoms with Gasteiger partial charge in [0, 0.05) is 18.2 Å². The molecule has 0 aromatic carbocycles. The van der Waals surface area contributed by atoms with E-state index in [1.807, 2.05) is 4.98 Å². The molecule has 3 heterocycles. The maximum atomic E-state index is 12.2. The molecule has 1 amide bonds. The molecule has 8 unspecified atom stereocenters. The fraction of sp³-hybridized carbons (Fsp3) is 0.556. The van der Waals surface area contributed by atoms with E-state index in [4.69, 9.17) is 19.9 Å². The Balaban J connectivity index is 1.88. The molecule has 15 heteroatoms. The lowest BCUT2D eigenvalue weighted by molar-refractivity contribution is -0.241. The number of aromatic amines is 1. The summed E-state index contributed by atoms with van der Waals surface area (Å²) in [6.07, 6.45) is -9.54. The number of hydrogen-bond acceptors (Lipinski definition) is 12. The number of primary amides is 1. The van der Waals surface area contributed by atoms with Crippen LogP contribution < -0.4 is 17.0 Å². The zero-order chi connectivity index (χ0) is 24.4. The van der Waals surface area contributed by atoms with Crippen LogP contribution in [-0.2, 0) is 28.5 Å². The van der Waals surface area contributed by atoms with Gasteiger partial charge in [-0.15, -0.1) is 0 Å². The summed E-state index contributed by atoms with van der Waals surface area (Å²) in [6.45, 7) is -0.738. The first-order chi connectivity index (χ1) is 15.6. The van der Waals surface area contributed by atoms with Crippen LogP contribution in [0.2, 0.25) is 0 Å². The molecule has 0 bridgehead atoms. The fourth-order valence-electron chi connectivity index (χ4n) is 3.54. The number of esters is 1. The Morgan fingerprint density at radius 1 is 1.27 bits per heavy atom. The first-order valence-corrected chi connectivity index (χ1v) is 9.62. The average Bonchev–Trinajstić information content (AvgIpc) is 3.09. The van der Waals surface area contributed by atoms with E-state index in [9.17, 15) is 39.6 Å². The minimum absolute atomic E-state index is 0.507. The van der Waals surface area contributed by atoms with Crippen LogP contribution in [0.5, 0.6) is 0 Å². The Labute approximate surface area is 184 Å². The third kappa shape index (κ3) is 4.82. The van der Waals surface area contributed by atoms with E-state index < -0.39 is 84.4 Å². The standard InChI is InChI=1S/C18H23N3O12/c1-30-16(28)8-4-7(23)11(26)17(31-8)33-13(14(19)27)12-6(5-22)10(25)15(32-12)21-3-2-9(24)20-18(21)29/h2-4,6-7,10-13,15,17,22-23,25-26H,5H2,1H3,(H2,19,27)(H,20,24,29). The molecule has 2 aliphatic rings. The molecule has 0 spiro atoms. The summed E-state index contributed by atoms with van der Waals surface area (Å²) in [5.41, 5.74) is 3.77. The highest BCUT2D eigenvalue weighted by Gasteiger charge is 2.51. The fourth-order valence-corrected chi connectivity index (χ4v) is 3.54. The van der Waals surface area contributed by atoms with Crippen LogP contribution in [0.25, 0.3) is 0 Å². The lowest BCUT2D eigenvalue weighted by Gasteiger charge is -2.34. The third-order valence-electron chi connectivity index (χ3n) is 5.23. The van der Waals surface area contributed by atoms with E-state index in [1.165, 1.54) is 0 Å². The van der Waals surface area contributed by atoms with E-state index in [0.717, 1.165) is 30.0 Å². The zero-order valence-electron chi connectivity index (χ0n) is 17.1. The summed E-state index contributed by atoms with van der Waals surface area (Å²) >= 11 is 0. The number of aromatic nitrogens is 2. The molecule has 1 aromatic heterocycles. The summed E-state index contributed by atoms with van der Waals surface area (Å²) < 4.78 is 21.5. The molecular formula is C18H23N3O12. The van der Waals surface area contributed by atoms with Crippen LogP contribution in [0.3, 0.4) is 0 Å². The molecule has 1 saturated heterocycles. The second-order valence-electron chi connectivity index (χ2n) is 7.29. The third-order valence-corrected chi connectivity index (χ3v) is 5.23. The van der Waals surface area contributed by atoms with Crippen molar-refractivity contribution in [2.24, 2.45) is 11.7 Å². The smallest absolute Gasteiger partial charge is 0.373 e. The van der Waals surface area contributed by atoms with Gasteiger partial charge in [-0.2, -0.15) is 0 Å². The average molecular weight is 473 g/mol. The number of nitrogens with two attached hydrogens (primary N) is 1. The van der Waals surface area contributed by atoms with Crippen LogP contribution >= 0.6 is 0 Å². The van der Waals surface area contributed by atoms with E-state index in [0.29, 0.717) is 0 Å². The number of carbonyl (C=O) groups is 2. The maximum absolute atomic E-state index is 12.2. The topological polar surface area (TPSA) is 233 Å². The summed E-state index contributed by atoms with van der Waals surface area (Å²) in [5.74, 6) is -3.89. The molecule has 182 valence electrons. The quantitative estimate of drug-likeness (QED) is 0.205. The first kappa shape index (κ1) is 24.6. The number of carbonyl (C=O) groups excluding carboxylic acids is 2. The summed E-state index contributed by atoms with van der Waals surface area (Å²) in [5, 5.41) is 40.5. The number of aliphatic hydroxyl groups is 4. The van der Waals surface area contributed by atoms with Gasteiger partial charge in [-0.1, -0.05) is 0 Å². The SMILES string of the molecule is COC(=O)C1=CC(O)C(O)C(OC(C(N)=O)C2OC(n3ccc(=O)[nH]c3=O)C(O)C2CO)O1. The Hall–Kier alpha value is -3.08. The van der Waals surface area contributed by atoms with E-state index >= 15 is 0 Å². The molecule has 33 heavy (non-hydrogen) atoms. The largest absolute Gasteiger partial charge is 0.463 e. The molecular weight excluding hydrogens is 450 g/mol. The van der Waals surface area contributed by atoms with Gasteiger partial charge in [0.05, 0.1) is 13.7 Å². The molecule has 1 fully saturated rings. The summed E-state index contributed by atoms with van der Waals surface area (Å²) in [7, 11) is 1.05. The highest BCUT2D eigenvalue weighted by molar-refractivity contribution is 5.86. The highest BCUT2D eigenvalue weighted by Crippen LogP contribution is 2.36. The van der Waals surface area contributed by atoms with Gasteiger partial charge in [0.25, 0.3) is 5.56 Å². The number of rotatable bonds is 7. The van der Waals surface area contributed by atoms with Crippen molar-refractivity contribution >= 4 is 11.9 Å². The lowest BCUT2D eigenvalue weighted by atomic mass is 9.94. The van der Waals surface area contributed by atoms with Crippen LogP contribution in [0.4, 0.5) is 0 Å². The molecule has 7 N–H and O–H groups in total. The summed E-state index contributed by atoms with van der Waals surface area (Å²) in [6, 6.07) is 0.995. The lowest BCUT2D eigenvalue weighted by Crippen LogP contribution is -2.52. The van der Waals surface area contributed by atoms with Crippen LogP contribution in [0.1, 0.15) is 6.23 Å². The van der Waals surface area contributed by atoms with Crippen molar-refractivity contribution in [3.63, 3.8) is 0 Å². The second kappa shape index (κ2) is 9.82. The van der Waals surface area contributed by atoms with Crippen molar-refractivity contribution in [1.29, 1.82) is 0 Å². The normalized spacial score (nSPS) is 32.5. The minimum Gasteiger partial charge on any atom is -0.463 e.